The average molecular weight is 309 g/mol. The zero-order chi connectivity index (χ0) is 13.9. The maximum atomic E-state index is 11.7. The van der Waals surface area contributed by atoms with Crippen LogP contribution in [0.5, 0.6) is 0 Å². The Labute approximate surface area is 123 Å². The third-order valence-corrected chi connectivity index (χ3v) is 4.72. The third-order valence-electron chi connectivity index (χ3n) is 2.79. The molecule has 0 N–H and O–H groups in total. The Morgan fingerprint density at radius 1 is 1.50 bits per heavy atom. The second kappa shape index (κ2) is 5.72. The van der Waals surface area contributed by atoms with Crippen molar-refractivity contribution in [3.05, 3.63) is 28.6 Å². The lowest BCUT2D eigenvalue weighted by Crippen LogP contribution is -2.22. The number of thiophene rings is 1. The Kier molecular flexibility index (Phi) is 3.79. The molecule has 3 heterocycles. The topological polar surface area (TPSA) is 65.5 Å². The van der Waals surface area contributed by atoms with E-state index in [2.05, 4.69) is 4.98 Å². The van der Waals surface area contributed by atoms with Gasteiger partial charge in [0.25, 0.3) is 0 Å². The Balaban J connectivity index is 1.56. The summed E-state index contributed by atoms with van der Waals surface area (Å²) in [5, 5.41) is 4.77. The van der Waals surface area contributed by atoms with Crippen molar-refractivity contribution in [1.29, 1.82) is 0 Å². The number of rotatable bonds is 4. The molecular formula is C13H11NO4S2. The van der Waals surface area contributed by atoms with E-state index >= 15 is 0 Å². The number of esters is 2. The van der Waals surface area contributed by atoms with Crippen LogP contribution >= 0.6 is 22.7 Å². The molecule has 1 aliphatic rings. The van der Waals surface area contributed by atoms with Gasteiger partial charge in [-0.3, -0.25) is 4.79 Å². The number of nitrogens with zero attached hydrogens (tertiary/aromatic N) is 1. The van der Waals surface area contributed by atoms with Gasteiger partial charge >= 0.3 is 11.9 Å². The molecule has 1 fully saturated rings. The first kappa shape index (κ1) is 13.3. The molecular weight excluding hydrogens is 298 g/mol. The number of ether oxygens (including phenoxy) is 2. The molecule has 5 nitrogen and oxygen atoms in total. The van der Waals surface area contributed by atoms with E-state index in [0.29, 0.717) is 12.1 Å². The minimum atomic E-state index is -0.752. The van der Waals surface area contributed by atoms with Crippen molar-refractivity contribution < 1.29 is 19.1 Å². The van der Waals surface area contributed by atoms with Gasteiger partial charge in [-0.05, 0) is 11.4 Å². The summed E-state index contributed by atoms with van der Waals surface area (Å²) < 4.78 is 9.97. The highest BCUT2D eigenvalue weighted by Gasteiger charge is 2.31. The quantitative estimate of drug-likeness (QED) is 0.812. The molecule has 0 radical (unpaired) electrons. The van der Waals surface area contributed by atoms with E-state index in [-0.39, 0.29) is 19.0 Å². The Morgan fingerprint density at radius 3 is 3.10 bits per heavy atom. The molecule has 0 aromatic carbocycles. The first-order valence-electron chi connectivity index (χ1n) is 6.07. The average Bonchev–Trinajstić information content (AvgIpc) is 3.16. The van der Waals surface area contributed by atoms with Gasteiger partial charge in [-0.25, -0.2) is 9.78 Å². The summed E-state index contributed by atoms with van der Waals surface area (Å²) in [5.41, 5.74) is 0.705. The summed E-state index contributed by atoms with van der Waals surface area (Å²) in [5.74, 6) is -0.845. The largest absolute Gasteiger partial charge is 0.456 e. The SMILES string of the molecule is O=C1CCC(C(=O)OCc2csc(-c3cccs3)n2)O1. The van der Waals surface area contributed by atoms with Crippen LogP contribution in [0.2, 0.25) is 0 Å². The van der Waals surface area contributed by atoms with E-state index in [1.54, 1.807) is 11.3 Å². The van der Waals surface area contributed by atoms with Crippen molar-refractivity contribution in [2.24, 2.45) is 0 Å². The Morgan fingerprint density at radius 2 is 2.40 bits per heavy atom. The second-order valence-electron chi connectivity index (χ2n) is 4.25. The number of hydrogen-bond acceptors (Lipinski definition) is 7. The van der Waals surface area contributed by atoms with E-state index in [4.69, 9.17) is 9.47 Å². The zero-order valence-electron chi connectivity index (χ0n) is 10.4. The standard InChI is InChI=1S/C13H11NO4S2/c15-11-4-3-9(18-11)13(16)17-6-8-7-20-12(14-8)10-2-1-5-19-10/h1-2,5,7,9H,3-4,6H2. The smallest absolute Gasteiger partial charge is 0.347 e. The molecule has 1 atom stereocenters. The van der Waals surface area contributed by atoms with Crippen LogP contribution in [0.4, 0.5) is 0 Å². The predicted molar refractivity (Wildman–Crippen MR) is 74.3 cm³/mol. The number of carbonyl (C=O) groups excluding carboxylic acids is 2. The predicted octanol–water partition coefficient (Wildman–Crippen LogP) is 2.62. The number of cyclic esters (lactones) is 1. The van der Waals surface area contributed by atoms with Gasteiger partial charge in [0.05, 0.1) is 10.6 Å². The molecule has 1 unspecified atom stereocenters. The number of carbonyl (C=O) groups is 2. The molecule has 1 saturated heterocycles. The maximum Gasteiger partial charge on any atom is 0.347 e. The Hall–Kier alpha value is -1.73. The van der Waals surface area contributed by atoms with E-state index in [0.717, 1.165) is 9.88 Å². The molecule has 0 aliphatic carbocycles. The number of aromatic nitrogens is 1. The van der Waals surface area contributed by atoms with Crippen molar-refractivity contribution in [3.8, 4) is 9.88 Å². The lowest BCUT2D eigenvalue weighted by Gasteiger charge is -2.07. The fraction of sp³-hybridized carbons (Fsp3) is 0.308. The lowest BCUT2D eigenvalue weighted by atomic mass is 10.2. The van der Waals surface area contributed by atoms with Crippen molar-refractivity contribution in [2.75, 3.05) is 0 Å². The zero-order valence-corrected chi connectivity index (χ0v) is 12.0. The normalized spacial score (nSPS) is 18.0. The highest BCUT2D eigenvalue weighted by molar-refractivity contribution is 7.20. The monoisotopic (exact) mass is 309 g/mol. The highest BCUT2D eigenvalue weighted by Crippen LogP contribution is 2.28. The molecule has 1 aliphatic heterocycles. The van der Waals surface area contributed by atoms with Gasteiger partial charge < -0.3 is 9.47 Å². The maximum absolute atomic E-state index is 11.7. The molecule has 7 heteroatoms. The lowest BCUT2D eigenvalue weighted by molar-refractivity contribution is -0.162. The minimum absolute atomic E-state index is 0.106. The first-order chi connectivity index (χ1) is 9.72. The van der Waals surface area contributed by atoms with Crippen LogP contribution in [0.15, 0.2) is 22.9 Å². The summed E-state index contributed by atoms with van der Waals surface area (Å²) in [6.45, 7) is 0.106. The van der Waals surface area contributed by atoms with Crippen LogP contribution in [0.1, 0.15) is 18.5 Å². The fourth-order valence-corrected chi connectivity index (χ4v) is 3.43. The summed E-state index contributed by atoms with van der Waals surface area (Å²) in [6.07, 6.45) is -0.0772. The van der Waals surface area contributed by atoms with Crippen molar-refractivity contribution in [1.82, 2.24) is 4.98 Å². The van der Waals surface area contributed by atoms with E-state index in [1.807, 2.05) is 22.9 Å². The summed E-state index contributed by atoms with van der Waals surface area (Å²) in [7, 11) is 0. The Bertz CT molecular complexity index is 620. The summed E-state index contributed by atoms with van der Waals surface area (Å²) in [4.78, 5) is 28.1. The molecule has 0 amide bonds. The molecule has 2 aromatic rings. The van der Waals surface area contributed by atoms with Crippen molar-refractivity contribution in [2.45, 2.75) is 25.6 Å². The molecule has 0 spiro atoms. The molecule has 3 rings (SSSR count). The van der Waals surface area contributed by atoms with E-state index < -0.39 is 12.1 Å². The van der Waals surface area contributed by atoms with Gasteiger partial charge in [0.15, 0.2) is 6.10 Å². The summed E-state index contributed by atoms with van der Waals surface area (Å²) in [6, 6.07) is 3.97. The third kappa shape index (κ3) is 2.88. The van der Waals surface area contributed by atoms with Crippen molar-refractivity contribution in [3.63, 3.8) is 0 Å². The molecule has 20 heavy (non-hydrogen) atoms. The number of thiazole rings is 1. The fourth-order valence-electron chi connectivity index (χ4n) is 1.82. The molecule has 0 saturated carbocycles. The van der Waals surface area contributed by atoms with Crippen LogP contribution in [-0.4, -0.2) is 23.0 Å². The van der Waals surface area contributed by atoms with Gasteiger partial charge in [0.1, 0.15) is 11.6 Å². The molecule has 2 aromatic heterocycles. The van der Waals surface area contributed by atoms with Gasteiger partial charge in [0, 0.05) is 18.2 Å². The molecule has 104 valence electrons. The minimum Gasteiger partial charge on any atom is -0.456 e. The van der Waals surface area contributed by atoms with Gasteiger partial charge in [-0.1, -0.05) is 6.07 Å². The highest BCUT2D eigenvalue weighted by atomic mass is 32.1. The van der Waals surface area contributed by atoms with Crippen LogP contribution in [-0.2, 0) is 25.7 Å². The van der Waals surface area contributed by atoms with Crippen LogP contribution in [0, 0.1) is 0 Å². The van der Waals surface area contributed by atoms with Gasteiger partial charge in [-0.15, -0.1) is 22.7 Å². The van der Waals surface area contributed by atoms with Gasteiger partial charge in [-0.2, -0.15) is 0 Å². The number of hydrogen-bond donors (Lipinski definition) is 0. The molecule has 0 bridgehead atoms. The van der Waals surface area contributed by atoms with E-state index in [9.17, 15) is 9.59 Å². The second-order valence-corrected chi connectivity index (χ2v) is 6.05. The van der Waals surface area contributed by atoms with Crippen LogP contribution in [0.3, 0.4) is 0 Å². The first-order valence-corrected chi connectivity index (χ1v) is 7.83. The van der Waals surface area contributed by atoms with Crippen LogP contribution in [0.25, 0.3) is 9.88 Å². The van der Waals surface area contributed by atoms with Crippen molar-refractivity contribution >= 4 is 34.6 Å². The van der Waals surface area contributed by atoms with Gasteiger partial charge in [0.2, 0.25) is 0 Å². The van der Waals surface area contributed by atoms with E-state index in [1.165, 1.54) is 11.3 Å². The van der Waals surface area contributed by atoms with Crippen LogP contribution < -0.4 is 0 Å². The summed E-state index contributed by atoms with van der Waals surface area (Å²) >= 11 is 3.13.